The third kappa shape index (κ3) is 4.39. The van der Waals surface area contributed by atoms with E-state index in [9.17, 15) is 15.2 Å². The SMILES string of the molecule is CCc1nc2sc([C@@H](c3ccc([N+](=O)[O-])cc3)N3CCN(Cc4ccccc4)CC3)c(O)n2n1. The zero-order chi connectivity index (χ0) is 23.7. The van der Waals surface area contributed by atoms with Crippen LogP contribution >= 0.6 is 11.3 Å². The Morgan fingerprint density at radius 1 is 1.09 bits per heavy atom. The summed E-state index contributed by atoms with van der Waals surface area (Å²) in [5, 5.41) is 26.7. The Morgan fingerprint density at radius 3 is 2.41 bits per heavy atom. The average Bonchev–Trinajstić information content (AvgIpc) is 3.40. The summed E-state index contributed by atoms with van der Waals surface area (Å²) in [4.78, 5) is 21.5. The van der Waals surface area contributed by atoms with Crippen molar-refractivity contribution in [3.8, 4) is 5.88 Å². The molecule has 0 aliphatic carbocycles. The molecule has 0 radical (unpaired) electrons. The van der Waals surface area contributed by atoms with Gasteiger partial charge in [-0.15, -0.1) is 5.10 Å². The maximum atomic E-state index is 11.2. The third-order valence-corrected chi connectivity index (χ3v) is 7.32. The highest BCUT2D eigenvalue weighted by atomic mass is 32.1. The number of aryl methyl sites for hydroxylation is 1. The minimum atomic E-state index is -0.395. The van der Waals surface area contributed by atoms with E-state index >= 15 is 0 Å². The zero-order valence-corrected chi connectivity index (χ0v) is 19.7. The van der Waals surface area contributed by atoms with Crippen molar-refractivity contribution in [2.45, 2.75) is 25.9 Å². The van der Waals surface area contributed by atoms with Gasteiger partial charge >= 0.3 is 0 Å². The third-order valence-electron chi connectivity index (χ3n) is 6.25. The van der Waals surface area contributed by atoms with E-state index in [1.165, 1.54) is 33.5 Å². The molecule has 1 N–H and O–H groups in total. The number of rotatable bonds is 7. The lowest BCUT2D eigenvalue weighted by Crippen LogP contribution is -2.47. The topological polar surface area (TPSA) is 100 Å². The van der Waals surface area contributed by atoms with Crippen molar-refractivity contribution < 1.29 is 10.0 Å². The van der Waals surface area contributed by atoms with Gasteiger partial charge in [-0.2, -0.15) is 4.52 Å². The van der Waals surface area contributed by atoms with Crippen molar-refractivity contribution >= 4 is 22.0 Å². The van der Waals surface area contributed by atoms with Gasteiger partial charge in [0.25, 0.3) is 5.69 Å². The quantitative estimate of drug-likeness (QED) is 0.318. The number of piperazine rings is 1. The fourth-order valence-electron chi connectivity index (χ4n) is 4.45. The van der Waals surface area contributed by atoms with E-state index < -0.39 is 4.92 Å². The van der Waals surface area contributed by atoms with Gasteiger partial charge in [0, 0.05) is 51.3 Å². The normalized spacial score (nSPS) is 16.1. The maximum Gasteiger partial charge on any atom is 0.269 e. The number of nitro groups is 1. The number of benzene rings is 2. The van der Waals surface area contributed by atoms with Gasteiger partial charge in [-0.25, -0.2) is 4.98 Å². The van der Waals surface area contributed by atoms with Gasteiger partial charge in [0.1, 0.15) is 0 Å². The first kappa shape index (κ1) is 22.5. The van der Waals surface area contributed by atoms with Gasteiger partial charge in [0.05, 0.1) is 15.8 Å². The summed E-state index contributed by atoms with van der Waals surface area (Å²) in [6, 6.07) is 16.8. The van der Waals surface area contributed by atoms with Gasteiger partial charge in [0.15, 0.2) is 5.82 Å². The molecule has 1 aliphatic rings. The van der Waals surface area contributed by atoms with Crippen molar-refractivity contribution in [2.24, 2.45) is 0 Å². The van der Waals surface area contributed by atoms with E-state index in [2.05, 4.69) is 44.1 Å². The Bertz CT molecular complexity index is 1280. The molecule has 5 rings (SSSR count). The second-order valence-corrected chi connectivity index (χ2v) is 9.42. The van der Waals surface area contributed by atoms with E-state index in [0.29, 0.717) is 17.2 Å². The van der Waals surface area contributed by atoms with Crippen LogP contribution in [0.25, 0.3) is 4.96 Å². The highest BCUT2D eigenvalue weighted by Gasteiger charge is 2.32. The van der Waals surface area contributed by atoms with Crippen molar-refractivity contribution in [3.05, 3.63) is 86.5 Å². The van der Waals surface area contributed by atoms with E-state index in [0.717, 1.165) is 43.2 Å². The zero-order valence-electron chi connectivity index (χ0n) is 18.9. The van der Waals surface area contributed by atoms with Crippen LogP contribution < -0.4 is 0 Å². The molecule has 0 unspecified atom stereocenters. The maximum absolute atomic E-state index is 11.2. The average molecular weight is 479 g/mol. The van der Waals surface area contributed by atoms with Gasteiger partial charge in [-0.3, -0.25) is 19.9 Å². The molecule has 0 saturated carbocycles. The first-order chi connectivity index (χ1) is 16.5. The summed E-state index contributed by atoms with van der Waals surface area (Å²) in [7, 11) is 0. The molecule has 9 nitrogen and oxygen atoms in total. The summed E-state index contributed by atoms with van der Waals surface area (Å²) >= 11 is 1.42. The second kappa shape index (κ2) is 9.49. The lowest BCUT2D eigenvalue weighted by molar-refractivity contribution is -0.384. The number of nitro benzene ring substituents is 1. The Hall–Kier alpha value is -3.34. The summed E-state index contributed by atoms with van der Waals surface area (Å²) in [6.45, 7) is 6.27. The molecule has 0 bridgehead atoms. The molecule has 1 fully saturated rings. The van der Waals surface area contributed by atoms with Crippen LogP contribution in [-0.4, -0.2) is 60.6 Å². The van der Waals surface area contributed by atoms with Crippen molar-refractivity contribution in [2.75, 3.05) is 26.2 Å². The second-order valence-electron chi connectivity index (χ2n) is 8.41. The molecular formula is C24H26N6O3S. The first-order valence-electron chi connectivity index (χ1n) is 11.4. The Balaban J connectivity index is 1.43. The fraction of sp³-hybridized carbons (Fsp3) is 0.333. The minimum absolute atomic E-state index is 0.0506. The van der Waals surface area contributed by atoms with Gasteiger partial charge < -0.3 is 5.11 Å². The molecular weight excluding hydrogens is 452 g/mol. The highest BCUT2D eigenvalue weighted by molar-refractivity contribution is 7.17. The Labute approximate surface area is 201 Å². The van der Waals surface area contributed by atoms with Crippen LogP contribution in [0.1, 0.15) is 34.8 Å². The van der Waals surface area contributed by atoms with E-state index in [1.807, 2.05) is 13.0 Å². The van der Waals surface area contributed by atoms with Crippen LogP contribution in [0.15, 0.2) is 54.6 Å². The van der Waals surface area contributed by atoms with Gasteiger partial charge in [0.2, 0.25) is 10.8 Å². The monoisotopic (exact) mass is 478 g/mol. The highest BCUT2D eigenvalue weighted by Crippen LogP contribution is 2.40. The number of aromatic nitrogens is 3. The van der Waals surface area contributed by atoms with E-state index in [-0.39, 0.29) is 17.6 Å². The molecule has 3 heterocycles. The molecule has 1 saturated heterocycles. The first-order valence-corrected chi connectivity index (χ1v) is 12.2. The molecule has 34 heavy (non-hydrogen) atoms. The number of aromatic hydroxyl groups is 1. The summed E-state index contributed by atoms with van der Waals surface area (Å²) in [5.74, 6) is 0.775. The molecule has 0 amide bonds. The summed E-state index contributed by atoms with van der Waals surface area (Å²) in [6.07, 6.45) is 0.693. The number of non-ortho nitro benzene ring substituents is 1. The minimum Gasteiger partial charge on any atom is -0.492 e. The standard InChI is InChI=1S/C24H26N6O3S/c1-2-20-25-24-29(26-20)23(31)22(34-24)21(18-8-10-19(11-9-18)30(32)33)28-14-12-27(13-15-28)16-17-6-4-3-5-7-17/h3-11,21,31H,2,12-16H2,1H3/t21-/m1/s1. The van der Waals surface area contributed by atoms with Crippen LogP contribution in [0.3, 0.4) is 0 Å². The predicted molar refractivity (Wildman–Crippen MR) is 130 cm³/mol. The molecule has 176 valence electrons. The van der Waals surface area contributed by atoms with Crippen LogP contribution in [0.2, 0.25) is 0 Å². The summed E-state index contributed by atoms with van der Waals surface area (Å²) in [5.41, 5.74) is 2.24. The van der Waals surface area contributed by atoms with Crippen LogP contribution in [0.4, 0.5) is 5.69 Å². The molecule has 1 atom stereocenters. The van der Waals surface area contributed by atoms with Crippen LogP contribution in [-0.2, 0) is 13.0 Å². The molecule has 10 heteroatoms. The lowest BCUT2D eigenvalue weighted by Gasteiger charge is -2.39. The van der Waals surface area contributed by atoms with Gasteiger partial charge in [-0.1, -0.05) is 60.7 Å². The number of thiazole rings is 1. The molecule has 2 aromatic heterocycles. The van der Waals surface area contributed by atoms with Crippen molar-refractivity contribution in [3.63, 3.8) is 0 Å². The molecule has 2 aromatic carbocycles. The largest absolute Gasteiger partial charge is 0.492 e. The summed E-state index contributed by atoms with van der Waals surface area (Å²) < 4.78 is 1.50. The fourth-order valence-corrected chi connectivity index (χ4v) is 5.58. The number of hydrogen-bond acceptors (Lipinski definition) is 8. The smallest absolute Gasteiger partial charge is 0.269 e. The van der Waals surface area contributed by atoms with Crippen molar-refractivity contribution in [1.29, 1.82) is 0 Å². The number of fused-ring (bicyclic) bond motifs is 1. The van der Waals surface area contributed by atoms with Crippen molar-refractivity contribution in [1.82, 2.24) is 24.4 Å². The van der Waals surface area contributed by atoms with E-state index in [4.69, 9.17) is 0 Å². The van der Waals surface area contributed by atoms with Crippen LogP contribution in [0, 0.1) is 10.1 Å². The lowest BCUT2D eigenvalue weighted by atomic mass is 10.0. The van der Waals surface area contributed by atoms with Crippen LogP contribution in [0.5, 0.6) is 5.88 Å². The predicted octanol–water partition coefficient (Wildman–Crippen LogP) is 3.87. The Morgan fingerprint density at radius 2 is 1.79 bits per heavy atom. The molecule has 1 aliphatic heterocycles. The molecule has 0 spiro atoms. The Kier molecular flexibility index (Phi) is 6.27. The molecule has 4 aromatic rings. The number of nitrogens with zero attached hydrogens (tertiary/aromatic N) is 6. The number of hydrogen-bond donors (Lipinski definition) is 1. The van der Waals surface area contributed by atoms with Gasteiger partial charge in [-0.05, 0) is 11.1 Å². The van der Waals surface area contributed by atoms with E-state index in [1.54, 1.807) is 12.1 Å².